The number of hydrazone groups is 1. The first-order chi connectivity index (χ1) is 12.2. The number of aryl methyl sites for hydroxylation is 1. The van der Waals surface area contributed by atoms with Crippen molar-refractivity contribution in [3.8, 4) is 11.5 Å². The van der Waals surface area contributed by atoms with Gasteiger partial charge in [-0.3, -0.25) is 4.79 Å². The number of hydrogen-bond acceptors (Lipinski definition) is 4. The molecule has 1 aliphatic rings. The van der Waals surface area contributed by atoms with Crippen LogP contribution < -0.4 is 14.9 Å². The first-order valence-corrected chi connectivity index (χ1v) is 8.44. The van der Waals surface area contributed by atoms with Gasteiger partial charge in [0.15, 0.2) is 11.5 Å². The molecule has 130 valence electrons. The van der Waals surface area contributed by atoms with E-state index in [4.69, 9.17) is 9.47 Å². The fraction of sp³-hybridized carbons (Fsp3) is 0.300. The number of amides is 1. The van der Waals surface area contributed by atoms with Crippen LogP contribution >= 0.6 is 0 Å². The van der Waals surface area contributed by atoms with Gasteiger partial charge in [-0.15, -0.1) is 0 Å². The van der Waals surface area contributed by atoms with Gasteiger partial charge in [-0.05, 0) is 49.1 Å². The van der Waals surface area contributed by atoms with E-state index in [1.807, 2.05) is 13.0 Å². The van der Waals surface area contributed by atoms with E-state index in [0.717, 1.165) is 25.0 Å². The van der Waals surface area contributed by atoms with Gasteiger partial charge in [-0.1, -0.05) is 24.3 Å². The number of rotatable bonds is 5. The van der Waals surface area contributed by atoms with Crippen LogP contribution in [-0.4, -0.2) is 25.3 Å². The number of fused-ring (bicyclic) bond motifs is 1. The molecule has 0 fully saturated rings. The van der Waals surface area contributed by atoms with Crippen molar-refractivity contribution in [2.75, 3.05) is 13.7 Å². The fourth-order valence-electron chi connectivity index (χ4n) is 2.93. The number of methoxy groups -OCH3 is 1. The minimum absolute atomic E-state index is 0.257. The van der Waals surface area contributed by atoms with E-state index in [9.17, 15) is 4.79 Å². The van der Waals surface area contributed by atoms with E-state index in [0.29, 0.717) is 23.7 Å². The van der Waals surface area contributed by atoms with Crippen molar-refractivity contribution >= 4 is 11.6 Å². The van der Waals surface area contributed by atoms with Crippen molar-refractivity contribution in [3.63, 3.8) is 0 Å². The zero-order chi connectivity index (χ0) is 17.6. The molecule has 1 aliphatic carbocycles. The lowest BCUT2D eigenvalue weighted by Gasteiger charge is -2.17. The summed E-state index contributed by atoms with van der Waals surface area (Å²) in [7, 11) is 1.55. The maximum absolute atomic E-state index is 12.4. The number of carbonyl (C=O) groups excluding carboxylic acids is 1. The molecule has 0 unspecified atom stereocenters. The van der Waals surface area contributed by atoms with Crippen LogP contribution in [0.25, 0.3) is 0 Å². The van der Waals surface area contributed by atoms with Crippen molar-refractivity contribution in [2.45, 2.75) is 26.2 Å². The third kappa shape index (κ3) is 3.99. The second-order valence-corrected chi connectivity index (χ2v) is 5.86. The molecular weight excluding hydrogens is 316 g/mol. The molecule has 0 aliphatic heterocycles. The van der Waals surface area contributed by atoms with Crippen LogP contribution in [0.4, 0.5) is 0 Å². The Morgan fingerprint density at radius 1 is 1.12 bits per heavy atom. The number of carbonyl (C=O) groups is 1. The van der Waals surface area contributed by atoms with E-state index < -0.39 is 0 Å². The van der Waals surface area contributed by atoms with Crippen LogP contribution in [0.5, 0.6) is 11.5 Å². The van der Waals surface area contributed by atoms with E-state index in [2.05, 4.69) is 28.7 Å². The molecule has 5 nitrogen and oxygen atoms in total. The van der Waals surface area contributed by atoms with Crippen molar-refractivity contribution in [1.29, 1.82) is 0 Å². The number of benzene rings is 2. The fourth-order valence-corrected chi connectivity index (χ4v) is 2.93. The highest BCUT2D eigenvalue weighted by molar-refractivity contribution is 5.96. The molecule has 0 radical (unpaired) electrons. The second-order valence-electron chi connectivity index (χ2n) is 5.86. The standard InChI is InChI=1S/C20H22N2O3/c1-3-25-18-11-9-16(13-19(18)24-2)20(23)22-21-17-10-8-14-6-4-5-7-15(14)12-17/h4-7,9,11,13H,3,8,10,12H2,1-2H3,(H,22,23)/b21-17-. The van der Waals surface area contributed by atoms with Crippen LogP contribution in [0.15, 0.2) is 47.6 Å². The quantitative estimate of drug-likeness (QED) is 0.850. The Morgan fingerprint density at radius 3 is 2.68 bits per heavy atom. The minimum Gasteiger partial charge on any atom is -0.493 e. The van der Waals surface area contributed by atoms with Gasteiger partial charge < -0.3 is 9.47 Å². The normalized spacial score (nSPS) is 14.7. The summed E-state index contributed by atoms with van der Waals surface area (Å²) >= 11 is 0. The molecule has 0 saturated carbocycles. The molecule has 0 spiro atoms. The Balaban J connectivity index is 1.69. The van der Waals surface area contributed by atoms with E-state index in [-0.39, 0.29) is 5.91 Å². The SMILES string of the molecule is CCOc1ccc(C(=O)N/N=C2/CCc3ccccc3C2)cc1OC. The highest BCUT2D eigenvalue weighted by Crippen LogP contribution is 2.28. The highest BCUT2D eigenvalue weighted by Gasteiger charge is 2.15. The summed E-state index contributed by atoms with van der Waals surface area (Å²) in [6, 6.07) is 13.5. The Morgan fingerprint density at radius 2 is 1.92 bits per heavy atom. The lowest BCUT2D eigenvalue weighted by Crippen LogP contribution is -2.22. The molecule has 2 aromatic carbocycles. The zero-order valence-electron chi connectivity index (χ0n) is 14.5. The molecule has 1 N–H and O–H groups in total. The van der Waals surface area contributed by atoms with E-state index in [1.54, 1.807) is 25.3 Å². The molecule has 1 amide bonds. The van der Waals surface area contributed by atoms with Gasteiger partial charge in [0.2, 0.25) is 0 Å². The van der Waals surface area contributed by atoms with Crippen LogP contribution in [0, 0.1) is 0 Å². The Kier molecular flexibility index (Phi) is 5.33. The monoisotopic (exact) mass is 338 g/mol. The average Bonchev–Trinajstić information content (AvgIpc) is 2.66. The smallest absolute Gasteiger partial charge is 0.271 e. The highest BCUT2D eigenvalue weighted by atomic mass is 16.5. The summed E-state index contributed by atoms with van der Waals surface area (Å²) in [6.45, 7) is 2.44. The first-order valence-electron chi connectivity index (χ1n) is 8.44. The molecule has 2 aromatic rings. The maximum Gasteiger partial charge on any atom is 0.271 e. The summed E-state index contributed by atoms with van der Waals surface area (Å²) in [4.78, 5) is 12.4. The summed E-state index contributed by atoms with van der Waals surface area (Å²) in [5.41, 5.74) is 6.78. The van der Waals surface area contributed by atoms with Crippen LogP contribution in [-0.2, 0) is 12.8 Å². The predicted molar refractivity (Wildman–Crippen MR) is 97.5 cm³/mol. The Bertz CT molecular complexity index is 799. The first kappa shape index (κ1) is 17.0. The molecule has 0 atom stereocenters. The number of nitrogens with zero attached hydrogens (tertiary/aromatic N) is 1. The number of ether oxygens (including phenoxy) is 2. The summed E-state index contributed by atoms with van der Waals surface area (Å²) in [6.07, 6.45) is 2.61. The van der Waals surface area contributed by atoms with Gasteiger partial charge in [0, 0.05) is 17.7 Å². The molecule has 5 heteroatoms. The largest absolute Gasteiger partial charge is 0.493 e. The molecule has 3 rings (SSSR count). The molecule has 0 bridgehead atoms. The van der Waals surface area contributed by atoms with Gasteiger partial charge in [-0.25, -0.2) is 5.43 Å². The summed E-state index contributed by atoms with van der Waals surface area (Å²) in [5, 5.41) is 4.32. The molecule has 0 aromatic heterocycles. The van der Waals surface area contributed by atoms with Gasteiger partial charge in [0.05, 0.1) is 13.7 Å². The second kappa shape index (κ2) is 7.83. The lowest BCUT2D eigenvalue weighted by atomic mass is 9.90. The summed E-state index contributed by atoms with van der Waals surface area (Å²) in [5.74, 6) is 0.901. The van der Waals surface area contributed by atoms with Gasteiger partial charge in [-0.2, -0.15) is 5.10 Å². The molecule has 0 saturated heterocycles. The van der Waals surface area contributed by atoms with Crippen molar-refractivity contribution in [2.24, 2.45) is 5.10 Å². The van der Waals surface area contributed by atoms with Gasteiger partial charge in [0.1, 0.15) is 0 Å². The predicted octanol–water partition coefficient (Wildman–Crippen LogP) is 3.37. The topological polar surface area (TPSA) is 59.9 Å². The van der Waals surface area contributed by atoms with Crippen molar-refractivity contribution in [1.82, 2.24) is 5.43 Å². The van der Waals surface area contributed by atoms with Crippen LogP contribution in [0.3, 0.4) is 0 Å². The lowest BCUT2D eigenvalue weighted by molar-refractivity contribution is 0.0954. The zero-order valence-corrected chi connectivity index (χ0v) is 14.5. The summed E-state index contributed by atoms with van der Waals surface area (Å²) < 4.78 is 10.7. The number of nitrogens with one attached hydrogen (secondary N) is 1. The minimum atomic E-state index is -0.257. The molecule has 0 heterocycles. The van der Waals surface area contributed by atoms with Gasteiger partial charge >= 0.3 is 0 Å². The molecular formula is C20H22N2O3. The molecule has 25 heavy (non-hydrogen) atoms. The average molecular weight is 338 g/mol. The maximum atomic E-state index is 12.4. The van der Waals surface area contributed by atoms with Crippen molar-refractivity contribution < 1.29 is 14.3 Å². The van der Waals surface area contributed by atoms with E-state index >= 15 is 0 Å². The Hall–Kier alpha value is -2.82. The Labute approximate surface area is 147 Å². The van der Waals surface area contributed by atoms with Crippen LogP contribution in [0.2, 0.25) is 0 Å². The van der Waals surface area contributed by atoms with E-state index in [1.165, 1.54) is 11.1 Å². The van der Waals surface area contributed by atoms with Gasteiger partial charge in [0.25, 0.3) is 5.91 Å². The number of hydrogen-bond donors (Lipinski definition) is 1. The third-order valence-electron chi connectivity index (χ3n) is 4.24. The third-order valence-corrected chi connectivity index (χ3v) is 4.24. The van der Waals surface area contributed by atoms with Crippen molar-refractivity contribution in [3.05, 3.63) is 59.2 Å². The van der Waals surface area contributed by atoms with Crippen LogP contribution in [0.1, 0.15) is 34.8 Å².